The molecule has 2 unspecified atom stereocenters. The highest BCUT2D eigenvalue weighted by Crippen LogP contribution is 2.37. The van der Waals surface area contributed by atoms with Crippen molar-refractivity contribution >= 4 is 11.6 Å². The van der Waals surface area contributed by atoms with Crippen molar-refractivity contribution in [2.24, 2.45) is 5.41 Å². The van der Waals surface area contributed by atoms with Crippen LogP contribution in [0.3, 0.4) is 0 Å². The second-order valence-electron chi connectivity index (χ2n) is 5.67. The third-order valence-electron chi connectivity index (χ3n) is 3.25. The van der Waals surface area contributed by atoms with E-state index in [2.05, 4.69) is 26.1 Å². The normalized spacial score (nSPS) is 15.1. The van der Waals surface area contributed by atoms with E-state index in [1.165, 1.54) is 0 Å². The summed E-state index contributed by atoms with van der Waals surface area (Å²) in [6.45, 7) is 6.47. The summed E-state index contributed by atoms with van der Waals surface area (Å²) in [5, 5.41) is 4.01. The molecule has 0 saturated heterocycles. The lowest BCUT2D eigenvalue weighted by molar-refractivity contribution is -0.0106. The molecule has 1 rings (SSSR count). The first kappa shape index (κ1) is 16.3. The molecule has 0 radical (unpaired) electrons. The molecule has 2 atom stereocenters. The Morgan fingerprint density at radius 1 is 1.21 bits per heavy atom. The monoisotopic (exact) mass is 285 g/mol. The molecule has 0 spiro atoms. The maximum absolute atomic E-state index is 6.11. The summed E-state index contributed by atoms with van der Waals surface area (Å²) >= 11 is 6.11. The Kier molecular flexibility index (Phi) is 5.65. The first-order valence-electron chi connectivity index (χ1n) is 6.38. The third-order valence-corrected chi connectivity index (χ3v) is 3.48. The number of hydrogen-bond acceptors (Lipinski definition) is 3. The van der Waals surface area contributed by atoms with Crippen LogP contribution in [0.15, 0.2) is 18.2 Å². The SMILES string of the molecule is CNC(c1cc(Cl)ccc1OC)C(OC)C(C)(C)C. The number of ether oxygens (including phenoxy) is 2. The van der Waals surface area contributed by atoms with E-state index >= 15 is 0 Å². The zero-order valence-electron chi connectivity index (χ0n) is 12.6. The van der Waals surface area contributed by atoms with Crippen molar-refractivity contribution < 1.29 is 9.47 Å². The van der Waals surface area contributed by atoms with E-state index < -0.39 is 0 Å². The van der Waals surface area contributed by atoms with E-state index in [1.54, 1.807) is 14.2 Å². The van der Waals surface area contributed by atoms with Gasteiger partial charge in [-0.05, 0) is 30.7 Å². The van der Waals surface area contributed by atoms with Crippen molar-refractivity contribution in [2.75, 3.05) is 21.3 Å². The van der Waals surface area contributed by atoms with Gasteiger partial charge >= 0.3 is 0 Å². The minimum Gasteiger partial charge on any atom is -0.496 e. The molecule has 0 fully saturated rings. The van der Waals surface area contributed by atoms with Gasteiger partial charge in [0.15, 0.2) is 0 Å². The van der Waals surface area contributed by atoms with Crippen LogP contribution in [0.2, 0.25) is 5.02 Å². The fourth-order valence-corrected chi connectivity index (χ4v) is 2.59. The second-order valence-corrected chi connectivity index (χ2v) is 6.11. The summed E-state index contributed by atoms with van der Waals surface area (Å²) in [6, 6.07) is 5.66. The van der Waals surface area contributed by atoms with Crippen molar-refractivity contribution in [3.05, 3.63) is 28.8 Å². The van der Waals surface area contributed by atoms with E-state index in [-0.39, 0.29) is 17.6 Å². The predicted octanol–water partition coefficient (Wildman–Crippen LogP) is 3.67. The van der Waals surface area contributed by atoms with Crippen LogP contribution in [0.4, 0.5) is 0 Å². The number of halogens is 1. The van der Waals surface area contributed by atoms with Gasteiger partial charge in [0.1, 0.15) is 5.75 Å². The Balaban J connectivity index is 3.25. The molecule has 19 heavy (non-hydrogen) atoms. The van der Waals surface area contributed by atoms with Crippen molar-refractivity contribution in [1.29, 1.82) is 0 Å². The number of nitrogens with one attached hydrogen (secondary N) is 1. The average Bonchev–Trinajstić information content (AvgIpc) is 2.34. The van der Waals surface area contributed by atoms with Gasteiger partial charge in [0.2, 0.25) is 0 Å². The molecule has 0 amide bonds. The number of methoxy groups -OCH3 is 2. The number of hydrogen-bond donors (Lipinski definition) is 1. The van der Waals surface area contributed by atoms with Gasteiger partial charge in [-0.3, -0.25) is 0 Å². The fourth-order valence-electron chi connectivity index (χ4n) is 2.41. The van der Waals surface area contributed by atoms with Crippen LogP contribution >= 0.6 is 11.6 Å². The maximum Gasteiger partial charge on any atom is 0.123 e. The van der Waals surface area contributed by atoms with Gasteiger partial charge in [-0.15, -0.1) is 0 Å². The summed E-state index contributed by atoms with van der Waals surface area (Å²) in [4.78, 5) is 0. The van der Waals surface area contributed by atoms with Crippen LogP contribution in [0.25, 0.3) is 0 Å². The van der Waals surface area contributed by atoms with Crippen molar-refractivity contribution in [3.8, 4) is 5.75 Å². The molecule has 1 aromatic carbocycles. The smallest absolute Gasteiger partial charge is 0.123 e. The summed E-state index contributed by atoms with van der Waals surface area (Å²) in [5.74, 6) is 0.815. The van der Waals surface area contributed by atoms with Crippen LogP contribution in [0, 0.1) is 5.41 Å². The molecule has 4 heteroatoms. The van der Waals surface area contributed by atoms with Gasteiger partial charge in [0, 0.05) is 17.7 Å². The quantitative estimate of drug-likeness (QED) is 0.895. The molecule has 0 aliphatic heterocycles. The topological polar surface area (TPSA) is 30.5 Å². The van der Waals surface area contributed by atoms with E-state index in [0.717, 1.165) is 11.3 Å². The molecule has 108 valence electrons. The average molecular weight is 286 g/mol. The Morgan fingerprint density at radius 3 is 2.26 bits per heavy atom. The molecule has 0 heterocycles. The highest BCUT2D eigenvalue weighted by Gasteiger charge is 2.34. The number of benzene rings is 1. The molecule has 0 bridgehead atoms. The lowest BCUT2D eigenvalue weighted by Gasteiger charge is -2.36. The summed E-state index contributed by atoms with van der Waals surface area (Å²) in [5.41, 5.74) is 1.01. The van der Waals surface area contributed by atoms with Crippen molar-refractivity contribution in [3.63, 3.8) is 0 Å². The number of likely N-dealkylation sites (N-methyl/N-ethyl adjacent to an activating group) is 1. The van der Waals surface area contributed by atoms with Crippen molar-refractivity contribution in [1.82, 2.24) is 5.32 Å². The minimum absolute atomic E-state index is 0.00421. The van der Waals surface area contributed by atoms with Crippen LogP contribution < -0.4 is 10.1 Å². The molecular weight excluding hydrogens is 262 g/mol. The van der Waals surface area contributed by atoms with Gasteiger partial charge in [-0.2, -0.15) is 0 Å². The summed E-state index contributed by atoms with van der Waals surface area (Å²) < 4.78 is 11.1. The van der Waals surface area contributed by atoms with Crippen LogP contribution in [-0.2, 0) is 4.74 Å². The molecule has 0 saturated carbocycles. The second kappa shape index (κ2) is 6.60. The van der Waals surface area contributed by atoms with Crippen LogP contribution in [0.5, 0.6) is 5.75 Å². The Hall–Kier alpha value is -0.770. The minimum atomic E-state index is -0.00421. The Bertz CT molecular complexity index is 415. The maximum atomic E-state index is 6.11. The molecule has 3 nitrogen and oxygen atoms in total. The van der Waals surface area contributed by atoms with E-state index in [1.807, 2.05) is 25.2 Å². The Labute approximate surface area is 121 Å². The van der Waals surface area contributed by atoms with Crippen LogP contribution in [0.1, 0.15) is 32.4 Å². The van der Waals surface area contributed by atoms with Gasteiger partial charge in [0.05, 0.1) is 19.3 Å². The van der Waals surface area contributed by atoms with Gasteiger partial charge in [-0.1, -0.05) is 32.4 Å². The highest BCUT2D eigenvalue weighted by atomic mass is 35.5. The Morgan fingerprint density at radius 2 is 1.84 bits per heavy atom. The lowest BCUT2D eigenvalue weighted by atomic mass is 9.82. The first-order valence-corrected chi connectivity index (χ1v) is 6.76. The standard InChI is InChI=1S/C15H24ClNO2/c1-15(2,3)14(19-6)13(17-4)11-9-10(16)7-8-12(11)18-5/h7-9,13-14,17H,1-6H3. The van der Waals surface area contributed by atoms with E-state index in [0.29, 0.717) is 5.02 Å². The molecule has 0 aromatic heterocycles. The van der Waals surface area contributed by atoms with E-state index in [4.69, 9.17) is 21.1 Å². The number of rotatable bonds is 5. The predicted molar refractivity (Wildman–Crippen MR) is 80.1 cm³/mol. The molecule has 1 aromatic rings. The van der Waals surface area contributed by atoms with Gasteiger partial charge in [0.25, 0.3) is 0 Å². The molecular formula is C15H24ClNO2. The lowest BCUT2D eigenvalue weighted by Crippen LogP contribution is -2.40. The first-order chi connectivity index (χ1) is 8.85. The summed E-state index contributed by atoms with van der Waals surface area (Å²) in [7, 11) is 5.32. The fraction of sp³-hybridized carbons (Fsp3) is 0.600. The third kappa shape index (κ3) is 3.85. The molecule has 0 aliphatic rings. The molecule has 1 N–H and O–H groups in total. The van der Waals surface area contributed by atoms with E-state index in [9.17, 15) is 0 Å². The summed E-state index contributed by atoms with van der Waals surface area (Å²) in [6.07, 6.45) is 0.00451. The molecule has 0 aliphatic carbocycles. The zero-order valence-corrected chi connectivity index (χ0v) is 13.3. The van der Waals surface area contributed by atoms with Crippen LogP contribution in [-0.4, -0.2) is 27.4 Å². The highest BCUT2D eigenvalue weighted by molar-refractivity contribution is 6.30. The van der Waals surface area contributed by atoms with Crippen molar-refractivity contribution in [2.45, 2.75) is 32.9 Å². The van der Waals surface area contributed by atoms with Gasteiger partial charge in [-0.25, -0.2) is 0 Å². The van der Waals surface area contributed by atoms with Gasteiger partial charge < -0.3 is 14.8 Å². The zero-order chi connectivity index (χ0) is 14.6. The largest absolute Gasteiger partial charge is 0.496 e.